The second kappa shape index (κ2) is 10.4. The molecule has 1 aliphatic heterocycles. The van der Waals surface area contributed by atoms with Gasteiger partial charge in [0.05, 0.1) is 12.7 Å². The molecule has 2 aliphatic carbocycles. The first-order valence-electron chi connectivity index (χ1n) is 13.3. The first kappa shape index (κ1) is 25.1. The smallest absolute Gasteiger partial charge is 0.410 e. The van der Waals surface area contributed by atoms with Crippen molar-refractivity contribution in [3.63, 3.8) is 0 Å². The van der Waals surface area contributed by atoms with E-state index in [1.165, 1.54) is 24.9 Å². The van der Waals surface area contributed by atoms with Crippen molar-refractivity contribution in [2.75, 3.05) is 40.9 Å². The van der Waals surface area contributed by atoms with Crippen LogP contribution in [0.15, 0.2) is 54.6 Å². The molecule has 3 aliphatic rings. The lowest BCUT2D eigenvalue weighted by Gasteiger charge is -2.60. The molecule has 0 aromatic heterocycles. The van der Waals surface area contributed by atoms with Crippen LogP contribution in [0.1, 0.15) is 49.7 Å². The summed E-state index contributed by atoms with van der Waals surface area (Å²) in [6.45, 7) is 3.45. The number of ether oxygens (including phenoxy) is 3. The number of nitrogens with zero attached hydrogens (tertiary/aromatic N) is 2. The summed E-state index contributed by atoms with van der Waals surface area (Å²) in [7, 11) is 5.49. The third-order valence-corrected chi connectivity index (χ3v) is 8.94. The van der Waals surface area contributed by atoms with E-state index in [0.29, 0.717) is 0 Å². The van der Waals surface area contributed by atoms with Crippen LogP contribution in [0.3, 0.4) is 0 Å². The molecule has 1 amide bonds. The number of fused-ring (bicyclic) bond motifs is 1. The fourth-order valence-electron chi connectivity index (χ4n) is 6.61. The van der Waals surface area contributed by atoms with E-state index < -0.39 is 0 Å². The number of likely N-dealkylation sites (tertiary alicyclic amines) is 1. The molecule has 0 unspecified atom stereocenters. The highest BCUT2D eigenvalue weighted by molar-refractivity contribution is 5.67. The molecule has 0 spiro atoms. The van der Waals surface area contributed by atoms with Crippen molar-refractivity contribution < 1.29 is 19.0 Å². The molecule has 6 nitrogen and oxygen atoms in total. The Morgan fingerprint density at radius 3 is 2.58 bits per heavy atom. The van der Waals surface area contributed by atoms with Crippen LogP contribution in [-0.2, 0) is 21.5 Å². The monoisotopic (exact) mass is 492 g/mol. The highest BCUT2D eigenvalue weighted by Gasteiger charge is 2.59. The highest BCUT2D eigenvalue weighted by atomic mass is 16.6. The summed E-state index contributed by atoms with van der Waals surface area (Å²) in [6.07, 6.45) is 6.11. The number of hydrogen-bond acceptors (Lipinski definition) is 5. The van der Waals surface area contributed by atoms with Gasteiger partial charge >= 0.3 is 6.09 Å². The Kier molecular flexibility index (Phi) is 7.27. The summed E-state index contributed by atoms with van der Waals surface area (Å²) < 4.78 is 17.8. The van der Waals surface area contributed by atoms with Gasteiger partial charge in [0.1, 0.15) is 12.4 Å². The minimum Gasteiger partial charge on any atom is -0.497 e. The molecule has 2 aromatic carbocycles. The zero-order chi connectivity index (χ0) is 25.2. The molecule has 6 heteroatoms. The fourth-order valence-corrected chi connectivity index (χ4v) is 6.61. The maximum atomic E-state index is 13.1. The molecule has 3 fully saturated rings. The average Bonchev–Trinajstić information content (AvgIpc) is 3.75. The van der Waals surface area contributed by atoms with E-state index in [9.17, 15) is 4.79 Å². The molecule has 36 heavy (non-hydrogen) atoms. The third kappa shape index (κ3) is 4.85. The van der Waals surface area contributed by atoms with Crippen molar-refractivity contribution in [3.8, 4) is 5.75 Å². The second-order valence-corrected chi connectivity index (χ2v) is 11.0. The number of carbonyl (C=O) groups excluding carboxylic acids is 1. The van der Waals surface area contributed by atoms with Gasteiger partial charge < -0.3 is 24.0 Å². The minimum atomic E-state index is -0.294. The molecule has 0 bridgehead atoms. The zero-order valence-electron chi connectivity index (χ0n) is 21.9. The van der Waals surface area contributed by atoms with Crippen LogP contribution in [0.4, 0.5) is 4.79 Å². The quantitative estimate of drug-likeness (QED) is 0.504. The Hall–Kier alpha value is -2.57. The van der Waals surface area contributed by atoms with Gasteiger partial charge in [-0.15, -0.1) is 0 Å². The van der Waals surface area contributed by atoms with Crippen LogP contribution in [0.25, 0.3) is 0 Å². The largest absolute Gasteiger partial charge is 0.497 e. The summed E-state index contributed by atoms with van der Waals surface area (Å²) in [5.74, 6) is 1.72. The molecule has 2 saturated carbocycles. The number of piperidine rings is 1. The van der Waals surface area contributed by atoms with Gasteiger partial charge in [-0.2, -0.15) is 0 Å². The van der Waals surface area contributed by atoms with E-state index in [2.05, 4.69) is 23.1 Å². The van der Waals surface area contributed by atoms with Crippen molar-refractivity contribution in [1.82, 2.24) is 9.80 Å². The van der Waals surface area contributed by atoms with E-state index in [1.54, 1.807) is 7.11 Å². The fraction of sp³-hybridized carbons (Fsp3) is 0.567. The number of hydrogen-bond donors (Lipinski definition) is 0. The number of benzene rings is 2. The standard InChI is InChI=1S/C30H40N2O4/c1-31(28(33)36-21-24-8-5-4-6-9-24)26-14-15-30(35-3)22-32(20-23-12-13-23)17-16-29(30,19-26)25-10-7-11-27(18-25)34-2/h4-11,18,23,26H,12-17,19-22H2,1-3H3/t26-,29+,30+/m1/s1. The lowest BCUT2D eigenvalue weighted by molar-refractivity contribution is -0.154. The van der Waals surface area contributed by atoms with Crippen molar-refractivity contribution in [3.05, 3.63) is 65.7 Å². The van der Waals surface area contributed by atoms with Crippen molar-refractivity contribution in [1.29, 1.82) is 0 Å². The van der Waals surface area contributed by atoms with Gasteiger partial charge in [-0.25, -0.2) is 4.79 Å². The molecule has 194 valence electrons. The van der Waals surface area contributed by atoms with Crippen molar-refractivity contribution in [2.45, 2.75) is 62.2 Å². The molecule has 5 rings (SSSR count). The Morgan fingerprint density at radius 2 is 1.86 bits per heavy atom. The van der Waals surface area contributed by atoms with E-state index in [4.69, 9.17) is 14.2 Å². The van der Waals surface area contributed by atoms with Crippen LogP contribution in [0, 0.1) is 5.92 Å². The summed E-state index contributed by atoms with van der Waals surface area (Å²) in [4.78, 5) is 17.5. The van der Waals surface area contributed by atoms with E-state index >= 15 is 0 Å². The molecule has 1 heterocycles. The van der Waals surface area contributed by atoms with Crippen LogP contribution < -0.4 is 4.74 Å². The first-order valence-corrected chi connectivity index (χ1v) is 13.3. The number of rotatable bonds is 8. The third-order valence-electron chi connectivity index (χ3n) is 8.94. The highest BCUT2D eigenvalue weighted by Crippen LogP contribution is 2.54. The van der Waals surface area contributed by atoms with E-state index in [0.717, 1.165) is 56.0 Å². The summed E-state index contributed by atoms with van der Waals surface area (Å²) in [5.41, 5.74) is 1.76. The molecular weight excluding hydrogens is 452 g/mol. The zero-order valence-corrected chi connectivity index (χ0v) is 21.9. The van der Waals surface area contributed by atoms with Gasteiger partial charge in [0.25, 0.3) is 0 Å². The van der Waals surface area contributed by atoms with Gasteiger partial charge in [-0.1, -0.05) is 42.5 Å². The summed E-state index contributed by atoms with van der Waals surface area (Å²) in [5, 5.41) is 0. The van der Waals surface area contributed by atoms with Gasteiger partial charge in [0.2, 0.25) is 0 Å². The number of carbonyl (C=O) groups is 1. The summed E-state index contributed by atoms with van der Waals surface area (Å²) in [6, 6.07) is 18.4. The Labute approximate surface area is 215 Å². The van der Waals surface area contributed by atoms with Crippen LogP contribution >= 0.6 is 0 Å². The normalized spacial score (nSPS) is 28.2. The van der Waals surface area contributed by atoms with Crippen LogP contribution in [-0.4, -0.2) is 68.4 Å². The molecule has 3 atom stereocenters. The maximum Gasteiger partial charge on any atom is 0.410 e. The topological polar surface area (TPSA) is 51.2 Å². The number of amides is 1. The molecule has 0 N–H and O–H groups in total. The molecule has 0 radical (unpaired) electrons. The van der Waals surface area contributed by atoms with Gasteiger partial charge in [-0.3, -0.25) is 0 Å². The Morgan fingerprint density at radius 1 is 1.06 bits per heavy atom. The first-order chi connectivity index (χ1) is 17.5. The molecule has 2 aromatic rings. The van der Waals surface area contributed by atoms with E-state index in [-0.39, 0.29) is 29.8 Å². The lowest BCUT2D eigenvalue weighted by atomic mass is 9.55. The van der Waals surface area contributed by atoms with Crippen molar-refractivity contribution >= 4 is 6.09 Å². The average molecular weight is 493 g/mol. The second-order valence-electron chi connectivity index (χ2n) is 11.0. The van der Waals surface area contributed by atoms with Gasteiger partial charge in [0, 0.05) is 38.7 Å². The summed E-state index contributed by atoms with van der Waals surface area (Å²) >= 11 is 0. The maximum absolute atomic E-state index is 13.1. The van der Waals surface area contributed by atoms with Crippen LogP contribution in [0.2, 0.25) is 0 Å². The SMILES string of the molecule is COc1cccc([C@@]23CCN(CC4CC4)C[C@@]2(OC)CC[C@@H](N(C)C(=O)OCc2ccccc2)C3)c1. The van der Waals surface area contributed by atoms with Crippen molar-refractivity contribution in [2.24, 2.45) is 5.92 Å². The molecule has 1 saturated heterocycles. The Bertz CT molecular complexity index is 1040. The Balaban J connectivity index is 1.39. The lowest BCUT2D eigenvalue weighted by Crippen LogP contribution is -2.68. The van der Waals surface area contributed by atoms with E-state index in [1.807, 2.05) is 55.5 Å². The van der Waals surface area contributed by atoms with Gasteiger partial charge in [-0.05, 0) is 74.2 Å². The molecular formula is C30H40N2O4. The van der Waals surface area contributed by atoms with Gasteiger partial charge in [0.15, 0.2) is 0 Å². The predicted octanol–water partition coefficient (Wildman–Crippen LogP) is 5.26. The predicted molar refractivity (Wildman–Crippen MR) is 140 cm³/mol. The van der Waals surface area contributed by atoms with Crippen LogP contribution in [0.5, 0.6) is 5.75 Å². The minimum absolute atomic E-state index is 0.0812. The number of methoxy groups -OCH3 is 2.